The van der Waals surface area contributed by atoms with Gasteiger partial charge in [-0.15, -0.1) is 12.4 Å². The van der Waals surface area contributed by atoms with Crippen molar-refractivity contribution in [3.63, 3.8) is 0 Å². The van der Waals surface area contributed by atoms with Crippen molar-refractivity contribution in [1.82, 2.24) is 5.32 Å². The zero-order chi connectivity index (χ0) is 16.7. The van der Waals surface area contributed by atoms with Crippen LogP contribution in [0.2, 0.25) is 0 Å². The first kappa shape index (κ1) is 20.2. The number of Topliss-reactive ketones (excluding diaryl/α,β-unsaturated/α-hetero) is 1. The molecule has 2 atom stereocenters. The average molecular weight is 348 g/mol. The molecule has 0 aliphatic rings. The average Bonchev–Trinajstić information content (AvgIpc) is 2.61. The minimum atomic E-state index is 0. The van der Waals surface area contributed by atoms with Gasteiger partial charge in [-0.2, -0.15) is 0 Å². The van der Waals surface area contributed by atoms with Crippen molar-refractivity contribution in [3.8, 4) is 5.75 Å². The molecule has 130 valence electrons. The Morgan fingerprint density at radius 1 is 1.08 bits per heavy atom. The molecule has 0 bridgehead atoms. The van der Waals surface area contributed by atoms with Crippen LogP contribution in [0.5, 0.6) is 5.75 Å². The SMILES string of the molecule is COc1cccc(C(=O)CCN[C@@H](C)[C@H](C)c2ccccc2)c1.Cl. The van der Waals surface area contributed by atoms with E-state index in [1.54, 1.807) is 13.2 Å². The number of methoxy groups -OCH3 is 1. The van der Waals surface area contributed by atoms with E-state index in [2.05, 4.69) is 43.4 Å². The molecule has 2 aromatic rings. The Balaban J connectivity index is 0.00000288. The quantitative estimate of drug-likeness (QED) is 0.716. The van der Waals surface area contributed by atoms with Crippen LogP contribution in [0.1, 0.15) is 42.1 Å². The fraction of sp³-hybridized carbons (Fsp3) is 0.350. The third-order valence-electron chi connectivity index (χ3n) is 4.29. The summed E-state index contributed by atoms with van der Waals surface area (Å²) >= 11 is 0. The van der Waals surface area contributed by atoms with Gasteiger partial charge in [0.05, 0.1) is 7.11 Å². The molecule has 4 heteroatoms. The molecule has 0 saturated carbocycles. The highest BCUT2D eigenvalue weighted by atomic mass is 35.5. The highest BCUT2D eigenvalue weighted by molar-refractivity contribution is 5.96. The van der Waals surface area contributed by atoms with Crippen molar-refractivity contribution < 1.29 is 9.53 Å². The van der Waals surface area contributed by atoms with E-state index in [1.807, 2.05) is 24.3 Å². The summed E-state index contributed by atoms with van der Waals surface area (Å²) in [5.74, 6) is 1.26. The van der Waals surface area contributed by atoms with Crippen molar-refractivity contribution in [2.75, 3.05) is 13.7 Å². The van der Waals surface area contributed by atoms with E-state index in [-0.39, 0.29) is 18.2 Å². The normalized spacial score (nSPS) is 12.8. The summed E-state index contributed by atoms with van der Waals surface area (Å²) in [6.45, 7) is 5.04. The van der Waals surface area contributed by atoms with E-state index in [9.17, 15) is 4.79 Å². The minimum Gasteiger partial charge on any atom is -0.497 e. The maximum atomic E-state index is 12.2. The van der Waals surface area contributed by atoms with Gasteiger partial charge >= 0.3 is 0 Å². The van der Waals surface area contributed by atoms with Gasteiger partial charge in [0.2, 0.25) is 0 Å². The van der Waals surface area contributed by atoms with Crippen LogP contribution in [-0.4, -0.2) is 25.5 Å². The maximum absolute atomic E-state index is 12.2. The van der Waals surface area contributed by atoms with E-state index < -0.39 is 0 Å². The lowest BCUT2D eigenvalue weighted by Crippen LogP contribution is -2.32. The number of ketones is 1. The summed E-state index contributed by atoms with van der Waals surface area (Å²) in [4.78, 5) is 12.2. The first-order chi connectivity index (χ1) is 11.1. The van der Waals surface area contributed by atoms with Crippen molar-refractivity contribution >= 4 is 18.2 Å². The van der Waals surface area contributed by atoms with Crippen molar-refractivity contribution in [2.45, 2.75) is 32.2 Å². The standard InChI is InChI=1S/C20H25NO2.ClH/c1-15(17-8-5-4-6-9-17)16(2)21-13-12-20(22)18-10-7-11-19(14-18)23-3;/h4-11,14-16,21H,12-13H2,1-3H3;1H/t15-,16-;/m0./s1. The topological polar surface area (TPSA) is 38.3 Å². The highest BCUT2D eigenvalue weighted by Gasteiger charge is 2.14. The van der Waals surface area contributed by atoms with E-state index in [1.165, 1.54) is 5.56 Å². The van der Waals surface area contributed by atoms with Gasteiger partial charge in [0, 0.05) is 24.6 Å². The lowest BCUT2D eigenvalue weighted by atomic mass is 9.94. The van der Waals surface area contributed by atoms with Gasteiger partial charge in [-0.1, -0.05) is 49.4 Å². The Bertz CT molecular complexity index is 631. The number of benzene rings is 2. The van der Waals surface area contributed by atoms with Gasteiger partial charge in [0.1, 0.15) is 5.75 Å². The molecule has 24 heavy (non-hydrogen) atoms. The van der Waals surface area contributed by atoms with Gasteiger partial charge in [0.15, 0.2) is 5.78 Å². The van der Waals surface area contributed by atoms with Gasteiger partial charge < -0.3 is 10.1 Å². The lowest BCUT2D eigenvalue weighted by Gasteiger charge is -2.21. The molecule has 0 amide bonds. The molecule has 0 spiro atoms. The molecule has 0 aromatic heterocycles. The summed E-state index contributed by atoms with van der Waals surface area (Å²) in [5, 5.41) is 3.46. The van der Waals surface area contributed by atoms with E-state index in [0.29, 0.717) is 30.5 Å². The number of carbonyl (C=O) groups excluding carboxylic acids is 1. The lowest BCUT2D eigenvalue weighted by molar-refractivity contribution is 0.0981. The zero-order valence-corrected chi connectivity index (χ0v) is 15.3. The predicted octanol–water partition coefficient (Wildman–Crippen LogP) is 4.47. The molecule has 2 rings (SSSR count). The summed E-state index contributed by atoms with van der Waals surface area (Å²) in [6.07, 6.45) is 0.485. The minimum absolute atomic E-state index is 0. The molecule has 3 nitrogen and oxygen atoms in total. The van der Waals surface area contributed by atoms with Gasteiger partial charge in [-0.25, -0.2) is 0 Å². The highest BCUT2D eigenvalue weighted by Crippen LogP contribution is 2.18. The first-order valence-corrected chi connectivity index (χ1v) is 8.07. The molecule has 0 fully saturated rings. The van der Waals surface area contributed by atoms with Crippen LogP contribution in [0.15, 0.2) is 54.6 Å². The van der Waals surface area contributed by atoms with Crippen molar-refractivity contribution in [1.29, 1.82) is 0 Å². The second-order valence-corrected chi connectivity index (χ2v) is 5.85. The number of halogens is 1. The Kier molecular flexibility index (Phi) is 8.51. The van der Waals surface area contributed by atoms with Crippen molar-refractivity contribution in [3.05, 3.63) is 65.7 Å². The summed E-state index contributed by atoms with van der Waals surface area (Å²) in [7, 11) is 1.61. The van der Waals surface area contributed by atoms with Gasteiger partial charge in [0.25, 0.3) is 0 Å². The van der Waals surface area contributed by atoms with Crippen LogP contribution in [-0.2, 0) is 0 Å². The van der Waals surface area contributed by atoms with Crippen LogP contribution < -0.4 is 10.1 Å². The smallest absolute Gasteiger partial charge is 0.164 e. The molecule has 0 saturated heterocycles. The first-order valence-electron chi connectivity index (χ1n) is 8.07. The molecule has 0 aliphatic heterocycles. The number of nitrogens with one attached hydrogen (secondary N) is 1. The number of ether oxygens (including phenoxy) is 1. The van der Waals surface area contributed by atoms with Crippen LogP contribution in [0.25, 0.3) is 0 Å². The molecule has 1 N–H and O–H groups in total. The Morgan fingerprint density at radius 3 is 2.46 bits per heavy atom. The number of hydrogen-bond donors (Lipinski definition) is 1. The monoisotopic (exact) mass is 347 g/mol. The van der Waals surface area contributed by atoms with Crippen LogP contribution in [0, 0.1) is 0 Å². The molecular weight excluding hydrogens is 322 g/mol. The van der Waals surface area contributed by atoms with Crippen LogP contribution in [0.4, 0.5) is 0 Å². The van der Waals surface area contributed by atoms with Gasteiger partial charge in [-0.3, -0.25) is 4.79 Å². The zero-order valence-electron chi connectivity index (χ0n) is 14.5. The van der Waals surface area contributed by atoms with E-state index >= 15 is 0 Å². The molecular formula is C20H26ClNO2. The Labute approximate surface area is 150 Å². The van der Waals surface area contributed by atoms with Crippen molar-refractivity contribution in [2.24, 2.45) is 0 Å². The van der Waals surface area contributed by atoms with Crippen LogP contribution in [0.3, 0.4) is 0 Å². The fourth-order valence-corrected chi connectivity index (χ4v) is 2.58. The largest absolute Gasteiger partial charge is 0.497 e. The fourth-order valence-electron chi connectivity index (χ4n) is 2.58. The molecule has 0 unspecified atom stereocenters. The summed E-state index contributed by atoms with van der Waals surface area (Å²) in [5.41, 5.74) is 2.02. The van der Waals surface area contributed by atoms with E-state index in [4.69, 9.17) is 4.74 Å². The number of carbonyl (C=O) groups is 1. The number of hydrogen-bond acceptors (Lipinski definition) is 3. The third-order valence-corrected chi connectivity index (χ3v) is 4.29. The van der Waals surface area contributed by atoms with E-state index in [0.717, 1.165) is 5.75 Å². The number of rotatable bonds is 8. The van der Waals surface area contributed by atoms with Crippen LogP contribution >= 0.6 is 12.4 Å². The summed E-state index contributed by atoms with van der Waals surface area (Å²) < 4.78 is 5.16. The maximum Gasteiger partial charge on any atom is 0.164 e. The van der Waals surface area contributed by atoms with Gasteiger partial charge in [-0.05, 0) is 30.5 Å². The second-order valence-electron chi connectivity index (χ2n) is 5.85. The molecule has 0 radical (unpaired) electrons. The Hall–Kier alpha value is -1.84. The third kappa shape index (κ3) is 5.66. The second kappa shape index (κ2) is 10.1. The Morgan fingerprint density at radius 2 is 1.79 bits per heavy atom. The molecule has 0 aliphatic carbocycles. The predicted molar refractivity (Wildman–Crippen MR) is 102 cm³/mol. The molecule has 0 heterocycles. The molecule has 2 aromatic carbocycles. The summed E-state index contributed by atoms with van der Waals surface area (Å²) in [6, 6.07) is 18.1.